The van der Waals surface area contributed by atoms with E-state index in [9.17, 15) is 13.2 Å². The molecule has 0 spiro atoms. The van der Waals surface area contributed by atoms with E-state index >= 15 is 0 Å². The Kier molecular flexibility index (Phi) is 9.79. The third-order valence-corrected chi connectivity index (χ3v) is 6.98. The predicted molar refractivity (Wildman–Crippen MR) is 147 cm³/mol. The second-order valence-corrected chi connectivity index (χ2v) is 10.9. The fourth-order valence-electron chi connectivity index (χ4n) is 3.18. The zero-order valence-corrected chi connectivity index (χ0v) is 23.4. The summed E-state index contributed by atoms with van der Waals surface area (Å²) in [5, 5.41) is 4.59. The lowest BCUT2D eigenvalue weighted by molar-refractivity contribution is -0.119. The molecule has 196 valence electrons. The Morgan fingerprint density at radius 1 is 1.08 bits per heavy atom. The first-order valence-electron chi connectivity index (χ1n) is 10.8. The van der Waals surface area contributed by atoms with Crippen molar-refractivity contribution in [3.8, 4) is 17.2 Å². The van der Waals surface area contributed by atoms with E-state index in [0.717, 1.165) is 16.1 Å². The average molecular weight is 611 g/mol. The minimum atomic E-state index is -3.72. The highest BCUT2D eigenvalue weighted by Crippen LogP contribution is 2.37. The molecule has 12 heteroatoms. The zero-order valence-electron chi connectivity index (χ0n) is 20.3. The number of rotatable bonds is 11. The number of anilines is 1. The normalized spacial score (nSPS) is 11.3. The van der Waals surface area contributed by atoms with Crippen LogP contribution in [0.4, 0.5) is 5.69 Å². The topological polar surface area (TPSA) is 107 Å². The van der Waals surface area contributed by atoms with Crippen LogP contribution in [0.25, 0.3) is 0 Å². The van der Waals surface area contributed by atoms with Crippen molar-refractivity contribution in [2.75, 3.05) is 31.3 Å². The van der Waals surface area contributed by atoms with Crippen LogP contribution in [-0.4, -0.2) is 47.6 Å². The van der Waals surface area contributed by atoms with Crippen LogP contribution in [0.3, 0.4) is 0 Å². The number of hydrogen-bond acceptors (Lipinski definition) is 7. The Morgan fingerprint density at radius 2 is 1.76 bits per heavy atom. The van der Waals surface area contributed by atoms with Crippen LogP contribution in [0, 0.1) is 0 Å². The molecule has 0 unspecified atom stereocenters. The first-order chi connectivity index (χ1) is 17.6. The van der Waals surface area contributed by atoms with Crippen molar-refractivity contribution in [1.29, 1.82) is 0 Å². The molecule has 3 rings (SSSR count). The molecule has 0 heterocycles. The van der Waals surface area contributed by atoms with Crippen molar-refractivity contribution in [2.24, 2.45) is 5.10 Å². The van der Waals surface area contributed by atoms with Crippen molar-refractivity contribution in [1.82, 2.24) is 5.43 Å². The van der Waals surface area contributed by atoms with Gasteiger partial charge in [-0.2, -0.15) is 5.10 Å². The molecule has 0 aliphatic heterocycles. The standard InChI is InChI=1S/C25H25BrClN3O6S/c1-34-21-10-8-20(9-11-21)30(37(3,32)33)15-24(31)29-28-14-18-12-22(26)25(23(13-18)35-2)36-16-17-4-6-19(27)7-5-17/h4-14H,15-16H2,1-3H3,(H,29,31)/b28-14-. The van der Waals surface area contributed by atoms with Gasteiger partial charge in [0.25, 0.3) is 5.91 Å². The highest BCUT2D eigenvalue weighted by molar-refractivity contribution is 9.10. The summed E-state index contributed by atoms with van der Waals surface area (Å²) in [7, 11) is -0.703. The van der Waals surface area contributed by atoms with Gasteiger partial charge < -0.3 is 14.2 Å². The Morgan fingerprint density at radius 3 is 2.35 bits per heavy atom. The maximum atomic E-state index is 12.5. The summed E-state index contributed by atoms with van der Waals surface area (Å²) >= 11 is 9.40. The number of carbonyl (C=O) groups excluding carboxylic acids is 1. The van der Waals surface area contributed by atoms with Crippen LogP contribution in [0.5, 0.6) is 17.2 Å². The number of ether oxygens (including phenoxy) is 3. The van der Waals surface area contributed by atoms with Crippen molar-refractivity contribution < 1.29 is 27.4 Å². The molecular weight excluding hydrogens is 586 g/mol. The zero-order chi connectivity index (χ0) is 27.0. The van der Waals surface area contributed by atoms with E-state index in [0.29, 0.717) is 44.6 Å². The van der Waals surface area contributed by atoms with Gasteiger partial charge in [-0.1, -0.05) is 23.7 Å². The van der Waals surface area contributed by atoms with Gasteiger partial charge in [0.15, 0.2) is 11.5 Å². The molecule has 0 saturated heterocycles. The van der Waals surface area contributed by atoms with Gasteiger partial charge in [-0.15, -0.1) is 0 Å². The van der Waals surface area contributed by atoms with Gasteiger partial charge in [-0.05, 0) is 75.6 Å². The Labute approximate surface area is 229 Å². The summed E-state index contributed by atoms with van der Waals surface area (Å²) in [5.41, 5.74) is 4.22. The molecule has 0 radical (unpaired) electrons. The maximum absolute atomic E-state index is 12.5. The molecule has 0 aromatic heterocycles. The molecule has 0 aliphatic rings. The molecule has 1 N–H and O–H groups in total. The molecule has 9 nitrogen and oxygen atoms in total. The number of carbonyl (C=O) groups is 1. The van der Waals surface area contributed by atoms with E-state index in [1.807, 2.05) is 12.1 Å². The SMILES string of the molecule is COc1ccc(N(CC(=O)N/N=C\c2cc(Br)c(OCc3ccc(Cl)cc3)c(OC)c2)S(C)(=O)=O)cc1. The van der Waals surface area contributed by atoms with Gasteiger partial charge in [-0.3, -0.25) is 9.10 Å². The number of hydrazone groups is 1. The van der Waals surface area contributed by atoms with E-state index in [4.69, 9.17) is 25.8 Å². The molecule has 0 saturated carbocycles. The molecule has 0 atom stereocenters. The summed E-state index contributed by atoms with van der Waals surface area (Å²) in [6.45, 7) is -0.145. The molecule has 0 fully saturated rings. The van der Waals surface area contributed by atoms with E-state index in [2.05, 4.69) is 26.5 Å². The van der Waals surface area contributed by atoms with Gasteiger partial charge in [0.2, 0.25) is 10.0 Å². The molecular formula is C25H25BrClN3O6S. The quantitative estimate of drug-likeness (QED) is 0.251. The van der Waals surface area contributed by atoms with Crippen LogP contribution in [0.1, 0.15) is 11.1 Å². The summed E-state index contributed by atoms with van der Waals surface area (Å²) in [6, 6.07) is 17.1. The van der Waals surface area contributed by atoms with E-state index in [-0.39, 0.29) is 0 Å². The second-order valence-electron chi connectivity index (χ2n) is 7.71. The smallest absolute Gasteiger partial charge is 0.260 e. The molecule has 0 aliphatic carbocycles. The minimum absolute atomic E-state index is 0.306. The fourth-order valence-corrected chi connectivity index (χ4v) is 4.74. The van der Waals surface area contributed by atoms with Gasteiger partial charge in [0.1, 0.15) is 18.9 Å². The number of hydrogen-bond donors (Lipinski definition) is 1. The van der Waals surface area contributed by atoms with E-state index in [1.54, 1.807) is 48.5 Å². The molecule has 3 aromatic rings. The van der Waals surface area contributed by atoms with Crippen LogP contribution in [0.2, 0.25) is 5.02 Å². The van der Waals surface area contributed by atoms with Crippen LogP contribution in [-0.2, 0) is 21.4 Å². The van der Waals surface area contributed by atoms with Crippen LogP contribution >= 0.6 is 27.5 Å². The fraction of sp³-hybridized carbons (Fsp3) is 0.200. The van der Waals surface area contributed by atoms with Crippen molar-refractivity contribution in [2.45, 2.75) is 6.61 Å². The lowest BCUT2D eigenvalue weighted by atomic mass is 10.2. The van der Waals surface area contributed by atoms with Gasteiger partial charge in [-0.25, -0.2) is 13.8 Å². The highest BCUT2D eigenvalue weighted by Gasteiger charge is 2.21. The van der Waals surface area contributed by atoms with E-state index < -0.39 is 22.5 Å². The molecule has 0 bridgehead atoms. The number of halogens is 2. The first kappa shape index (κ1) is 28.3. The Hall–Kier alpha value is -3.28. The number of methoxy groups -OCH3 is 2. The lowest BCUT2D eigenvalue weighted by Gasteiger charge is -2.21. The highest BCUT2D eigenvalue weighted by atomic mass is 79.9. The number of sulfonamides is 1. The van der Waals surface area contributed by atoms with Crippen LogP contribution in [0.15, 0.2) is 70.2 Å². The van der Waals surface area contributed by atoms with E-state index in [1.165, 1.54) is 20.4 Å². The molecule has 3 aromatic carbocycles. The summed E-state index contributed by atoms with van der Waals surface area (Å²) in [5.74, 6) is 0.904. The second kappa shape index (κ2) is 12.8. The summed E-state index contributed by atoms with van der Waals surface area (Å²) in [6.07, 6.45) is 2.43. The average Bonchev–Trinajstić information content (AvgIpc) is 2.87. The monoisotopic (exact) mass is 609 g/mol. The third kappa shape index (κ3) is 8.11. The number of amides is 1. The predicted octanol–water partition coefficient (Wildman–Crippen LogP) is 4.62. The third-order valence-electron chi connectivity index (χ3n) is 5.00. The minimum Gasteiger partial charge on any atom is -0.497 e. The van der Waals surface area contributed by atoms with Gasteiger partial charge in [0, 0.05) is 5.02 Å². The van der Waals surface area contributed by atoms with Gasteiger partial charge in [0.05, 0.1) is 36.9 Å². The van der Waals surface area contributed by atoms with Crippen molar-refractivity contribution in [3.63, 3.8) is 0 Å². The maximum Gasteiger partial charge on any atom is 0.260 e. The Bertz CT molecular complexity index is 1370. The van der Waals surface area contributed by atoms with Crippen molar-refractivity contribution >= 4 is 55.4 Å². The molecule has 1 amide bonds. The lowest BCUT2D eigenvalue weighted by Crippen LogP contribution is -2.39. The van der Waals surface area contributed by atoms with Crippen molar-refractivity contribution in [3.05, 3.63) is 81.3 Å². The number of nitrogens with one attached hydrogen (secondary N) is 1. The largest absolute Gasteiger partial charge is 0.497 e. The summed E-state index contributed by atoms with van der Waals surface area (Å²) in [4.78, 5) is 12.5. The number of nitrogens with zero attached hydrogens (tertiary/aromatic N) is 2. The Balaban J connectivity index is 1.66. The number of benzene rings is 3. The first-order valence-corrected chi connectivity index (χ1v) is 13.8. The van der Waals surface area contributed by atoms with Gasteiger partial charge >= 0.3 is 0 Å². The molecule has 37 heavy (non-hydrogen) atoms. The van der Waals surface area contributed by atoms with Crippen LogP contribution < -0.4 is 23.9 Å². The summed E-state index contributed by atoms with van der Waals surface area (Å²) < 4.78 is 42.6.